The first-order valence-corrected chi connectivity index (χ1v) is 12.2. The smallest absolute Gasteiger partial charge is 0.359 e. The van der Waals surface area contributed by atoms with Gasteiger partial charge in [-0.15, -0.1) is 23.1 Å². The lowest BCUT2D eigenvalue weighted by atomic mass is 10.2. The lowest BCUT2D eigenvalue weighted by Gasteiger charge is -2.10. The molecule has 4 rings (SSSR count). The van der Waals surface area contributed by atoms with Gasteiger partial charge < -0.3 is 10.1 Å². The molecular weight excluding hydrogens is 477 g/mol. The Hall–Kier alpha value is -3.50. The van der Waals surface area contributed by atoms with Gasteiger partial charge >= 0.3 is 5.97 Å². The lowest BCUT2D eigenvalue weighted by molar-refractivity contribution is -0.113. The molecule has 0 saturated heterocycles. The molecule has 0 atom stereocenters. The molecule has 10 heteroatoms. The van der Waals surface area contributed by atoms with Crippen LogP contribution in [-0.4, -0.2) is 34.0 Å². The van der Waals surface area contributed by atoms with Gasteiger partial charge in [0.2, 0.25) is 5.91 Å². The first-order chi connectivity index (χ1) is 16.4. The molecule has 0 spiro atoms. The standard InChI is InChI=1S/C24H20FN3O4S2/c1-3-32-24(31)21-18-12-34-22(26-19(29)13-33-17-10-6-15(25)7-11-17)20(18)23(30)28(27-21)16-8-4-14(2)5-9-16/h4-12H,3,13H2,1-2H3,(H,26,29). The van der Waals surface area contributed by atoms with Gasteiger partial charge in [-0.1, -0.05) is 17.7 Å². The normalized spacial score (nSPS) is 10.9. The van der Waals surface area contributed by atoms with E-state index in [2.05, 4.69) is 10.4 Å². The highest BCUT2D eigenvalue weighted by atomic mass is 32.2. The number of nitrogens with one attached hydrogen (secondary N) is 1. The molecule has 1 amide bonds. The summed E-state index contributed by atoms with van der Waals surface area (Å²) in [5.74, 6) is -1.29. The number of anilines is 1. The van der Waals surface area contributed by atoms with Gasteiger partial charge in [0.15, 0.2) is 5.69 Å². The number of benzene rings is 2. The molecule has 2 heterocycles. The van der Waals surface area contributed by atoms with Crippen molar-refractivity contribution in [3.63, 3.8) is 0 Å². The van der Waals surface area contributed by atoms with E-state index in [1.807, 2.05) is 19.1 Å². The molecule has 0 unspecified atom stereocenters. The van der Waals surface area contributed by atoms with Gasteiger partial charge in [-0.3, -0.25) is 9.59 Å². The number of amides is 1. The second-order valence-electron chi connectivity index (χ2n) is 7.27. The quantitative estimate of drug-likeness (QED) is 0.291. The fraction of sp³-hybridized carbons (Fsp3) is 0.167. The number of rotatable bonds is 7. The molecule has 2 aromatic carbocycles. The second kappa shape index (κ2) is 10.2. The van der Waals surface area contributed by atoms with Crippen molar-refractivity contribution in [3.05, 3.63) is 81.3 Å². The molecule has 0 aliphatic carbocycles. The van der Waals surface area contributed by atoms with E-state index in [0.717, 1.165) is 26.5 Å². The van der Waals surface area contributed by atoms with Crippen molar-refractivity contribution in [2.24, 2.45) is 0 Å². The number of aromatic nitrogens is 2. The number of carbonyl (C=O) groups excluding carboxylic acids is 2. The summed E-state index contributed by atoms with van der Waals surface area (Å²) in [5, 5.41) is 9.48. The molecule has 2 aromatic heterocycles. The molecule has 0 radical (unpaired) electrons. The first-order valence-electron chi connectivity index (χ1n) is 10.3. The minimum absolute atomic E-state index is 0.00513. The average molecular weight is 498 g/mol. The minimum atomic E-state index is -0.657. The van der Waals surface area contributed by atoms with Gasteiger partial charge in [0.25, 0.3) is 5.56 Å². The number of ether oxygens (including phenoxy) is 1. The maximum Gasteiger partial charge on any atom is 0.359 e. The monoisotopic (exact) mass is 497 g/mol. The Morgan fingerprint density at radius 1 is 1.15 bits per heavy atom. The molecule has 0 fully saturated rings. The highest BCUT2D eigenvalue weighted by Crippen LogP contribution is 2.31. The van der Waals surface area contributed by atoms with Crippen LogP contribution in [0.4, 0.5) is 9.39 Å². The zero-order valence-electron chi connectivity index (χ0n) is 18.3. The Bertz CT molecular complexity index is 1410. The summed E-state index contributed by atoms with van der Waals surface area (Å²) in [7, 11) is 0. The summed E-state index contributed by atoms with van der Waals surface area (Å²) >= 11 is 2.37. The predicted octanol–water partition coefficient (Wildman–Crippen LogP) is 4.80. The van der Waals surface area contributed by atoms with Crippen LogP contribution in [0.25, 0.3) is 16.5 Å². The number of halogens is 1. The molecule has 174 valence electrons. The third-order valence-corrected chi connectivity index (χ3v) is 6.74. The maximum atomic E-state index is 13.4. The van der Waals surface area contributed by atoms with Crippen LogP contribution in [0.2, 0.25) is 0 Å². The topological polar surface area (TPSA) is 90.3 Å². The zero-order valence-corrected chi connectivity index (χ0v) is 20.0. The molecule has 0 aliphatic rings. The number of aryl methyl sites for hydroxylation is 1. The van der Waals surface area contributed by atoms with Crippen LogP contribution in [0.5, 0.6) is 0 Å². The van der Waals surface area contributed by atoms with E-state index in [-0.39, 0.29) is 35.2 Å². The molecule has 0 bridgehead atoms. The van der Waals surface area contributed by atoms with Gasteiger partial charge in [0.05, 0.1) is 23.4 Å². The lowest BCUT2D eigenvalue weighted by Crippen LogP contribution is -2.25. The number of thioether (sulfide) groups is 1. The zero-order chi connectivity index (χ0) is 24.2. The van der Waals surface area contributed by atoms with Crippen LogP contribution < -0.4 is 10.9 Å². The van der Waals surface area contributed by atoms with Gasteiger partial charge in [0, 0.05) is 15.7 Å². The van der Waals surface area contributed by atoms with Crippen LogP contribution in [0.3, 0.4) is 0 Å². The van der Waals surface area contributed by atoms with Crippen molar-refractivity contribution in [2.45, 2.75) is 18.7 Å². The summed E-state index contributed by atoms with van der Waals surface area (Å²) in [6.07, 6.45) is 0. The molecule has 0 saturated carbocycles. The minimum Gasteiger partial charge on any atom is -0.461 e. The number of esters is 1. The number of fused-ring (bicyclic) bond motifs is 1. The number of nitrogens with zero attached hydrogens (tertiary/aromatic N) is 2. The van der Waals surface area contributed by atoms with Crippen molar-refractivity contribution in [3.8, 4) is 5.69 Å². The van der Waals surface area contributed by atoms with Gasteiger partial charge in [-0.2, -0.15) is 9.78 Å². The van der Waals surface area contributed by atoms with E-state index < -0.39 is 11.5 Å². The first kappa shape index (κ1) is 23.7. The van der Waals surface area contributed by atoms with Crippen LogP contribution in [0.15, 0.2) is 63.6 Å². The fourth-order valence-corrected chi connectivity index (χ4v) is 4.85. The van der Waals surface area contributed by atoms with E-state index in [0.29, 0.717) is 16.1 Å². The number of thiophene rings is 1. The van der Waals surface area contributed by atoms with Crippen molar-refractivity contribution < 1.29 is 18.7 Å². The van der Waals surface area contributed by atoms with Gasteiger partial charge in [-0.25, -0.2) is 9.18 Å². The summed E-state index contributed by atoms with van der Waals surface area (Å²) in [5.41, 5.74) is 1.02. The third-order valence-electron chi connectivity index (χ3n) is 4.84. The Labute approximate surface area is 202 Å². The van der Waals surface area contributed by atoms with E-state index >= 15 is 0 Å². The fourth-order valence-electron chi connectivity index (χ4n) is 3.20. The van der Waals surface area contributed by atoms with Crippen LogP contribution >= 0.6 is 23.1 Å². The van der Waals surface area contributed by atoms with E-state index in [4.69, 9.17) is 4.74 Å². The molecule has 34 heavy (non-hydrogen) atoms. The van der Waals surface area contributed by atoms with Gasteiger partial charge in [-0.05, 0) is 50.2 Å². The Morgan fingerprint density at radius 2 is 1.85 bits per heavy atom. The summed E-state index contributed by atoms with van der Waals surface area (Å²) in [4.78, 5) is 39.3. The van der Waals surface area contributed by atoms with Crippen molar-refractivity contribution in [1.29, 1.82) is 0 Å². The largest absolute Gasteiger partial charge is 0.461 e. The van der Waals surface area contributed by atoms with Crippen LogP contribution in [-0.2, 0) is 9.53 Å². The van der Waals surface area contributed by atoms with E-state index in [1.165, 1.54) is 23.9 Å². The molecular formula is C24H20FN3O4S2. The highest BCUT2D eigenvalue weighted by molar-refractivity contribution is 8.00. The van der Waals surface area contributed by atoms with Crippen molar-refractivity contribution >= 4 is 50.7 Å². The number of carbonyl (C=O) groups is 2. The molecule has 0 aliphatic heterocycles. The summed E-state index contributed by atoms with van der Waals surface area (Å²) in [6, 6.07) is 13.0. The molecule has 4 aromatic rings. The van der Waals surface area contributed by atoms with Crippen LogP contribution in [0.1, 0.15) is 23.0 Å². The predicted molar refractivity (Wildman–Crippen MR) is 132 cm³/mol. The van der Waals surface area contributed by atoms with Crippen molar-refractivity contribution in [1.82, 2.24) is 9.78 Å². The molecule has 1 N–H and O–H groups in total. The number of hydrogen-bond acceptors (Lipinski definition) is 7. The second-order valence-corrected chi connectivity index (χ2v) is 9.19. The van der Waals surface area contributed by atoms with Crippen molar-refractivity contribution in [2.75, 3.05) is 17.7 Å². The third kappa shape index (κ3) is 5.02. The van der Waals surface area contributed by atoms with E-state index in [9.17, 15) is 18.8 Å². The van der Waals surface area contributed by atoms with E-state index in [1.54, 1.807) is 36.6 Å². The molecule has 7 nitrogen and oxygen atoms in total. The average Bonchev–Trinajstić information content (AvgIpc) is 3.24. The maximum absolute atomic E-state index is 13.4. The highest BCUT2D eigenvalue weighted by Gasteiger charge is 2.23. The Balaban J connectivity index is 1.70. The SMILES string of the molecule is CCOC(=O)c1nn(-c2ccc(C)cc2)c(=O)c2c(NC(=O)CSc3ccc(F)cc3)scc12. The summed E-state index contributed by atoms with van der Waals surface area (Å²) in [6.45, 7) is 3.76. The Morgan fingerprint density at radius 3 is 2.53 bits per heavy atom. The summed E-state index contributed by atoms with van der Waals surface area (Å²) < 4.78 is 19.4. The van der Waals surface area contributed by atoms with Crippen LogP contribution in [0, 0.1) is 12.7 Å². The number of hydrogen-bond donors (Lipinski definition) is 1. The Kier molecular flexibility index (Phi) is 7.09. The van der Waals surface area contributed by atoms with Gasteiger partial charge in [0.1, 0.15) is 10.8 Å².